The maximum atomic E-state index is 13.5. The van der Waals surface area contributed by atoms with Crippen LogP contribution >= 0.6 is 0 Å². The highest BCUT2D eigenvalue weighted by Crippen LogP contribution is 2.40. The number of benzene rings is 1. The predicted molar refractivity (Wildman–Crippen MR) is 79.8 cm³/mol. The molecule has 0 aliphatic heterocycles. The molecule has 110 valence electrons. The molecule has 2 aromatic rings. The zero-order chi connectivity index (χ0) is 14.8. The molecule has 0 saturated heterocycles. The molecule has 3 rings (SSSR count). The van der Waals surface area contributed by atoms with Crippen molar-refractivity contribution in [3.05, 3.63) is 35.8 Å². The van der Waals surface area contributed by atoms with Crippen molar-refractivity contribution < 1.29 is 9.50 Å². The lowest BCUT2D eigenvalue weighted by Gasteiger charge is -2.09. The van der Waals surface area contributed by atoms with E-state index in [1.165, 1.54) is 12.1 Å². The molecule has 0 radical (unpaired) electrons. The molecule has 0 spiro atoms. The normalized spacial score (nSPS) is 14.2. The highest BCUT2D eigenvalue weighted by molar-refractivity contribution is 5.59. The van der Waals surface area contributed by atoms with E-state index in [0.717, 1.165) is 37.3 Å². The third kappa shape index (κ3) is 3.12. The Morgan fingerprint density at radius 3 is 2.76 bits per heavy atom. The summed E-state index contributed by atoms with van der Waals surface area (Å²) in [6.45, 7) is 2.93. The van der Waals surface area contributed by atoms with Gasteiger partial charge in [0.15, 0.2) is 17.4 Å². The number of phenolic OH excluding ortho intramolecular Hbond substituents is 1. The van der Waals surface area contributed by atoms with Gasteiger partial charge in [0.1, 0.15) is 5.82 Å². The fourth-order valence-corrected chi connectivity index (χ4v) is 2.17. The van der Waals surface area contributed by atoms with Gasteiger partial charge in [0, 0.05) is 29.8 Å². The maximum absolute atomic E-state index is 13.5. The molecule has 0 unspecified atom stereocenters. The van der Waals surface area contributed by atoms with Crippen molar-refractivity contribution >= 4 is 5.82 Å². The van der Waals surface area contributed by atoms with E-state index in [1.807, 2.05) is 6.07 Å². The van der Waals surface area contributed by atoms with Gasteiger partial charge in [-0.3, -0.25) is 0 Å². The highest BCUT2D eigenvalue weighted by atomic mass is 19.1. The van der Waals surface area contributed by atoms with Gasteiger partial charge in [-0.25, -0.2) is 14.4 Å². The number of aromatic hydroxyl groups is 1. The minimum Gasteiger partial charge on any atom is -0.505 e. The van der Waals surface area contributed by atoms with Crippen LogP contribution in [0.3, 0.4) is 0 Å². The highest BCUT2D eigenvalue weighted by Gasteiger charge is 2.26. The summed E-state index contributed by atoms with van der Waals surface area (Å²) in [6, 6.07) is 6.21. The van der Waals surface area contributed by atoms with Crippen LogP contribution in [0.4, 0.5) is 10.2 Å². The van der Waals surface area contributed by atoms with Crippen LogP contribution in [0.1, 0.15) is 37.8 Å². The summed E-state index contributed by atoms with van der Waals surface area (Å²) in [5.74, 6) is 0.752. The van der Waals surface area contributed by atoms with Gasteiger partial charge in [-0.1, -0.05) is 6.92 Å². The summed E-state index contributed by atoms with van der Waals surface area (Å²) in [5.41, 5.74) is 1.58. The van der Waals surface area contributed by atoms with Gasteiger partial charge >= 0.3 is 0 Å². The van der Waals surface area contributed by atoms with Crippen LogP contribution in [0, 0.1) is 5.82 Å². The van der Waals surface area contributed by atoms with E-state index >= 15 is 0 Å². The molecular weight excluding hydrogens is 269 g/mol. The Morgan fingerprint density at radius 1 is 1.29 bits per heavy atom. The lowest BCUT2D eigenvalue weighted by molar-refractivity contribution is 0.432. The van der Waals surface area contributed by atoms with Crippen LogP contribution in [-0.4, -0.2) is 21.6 Å². The molecule has 4 nitrogen and oxygen atoms in total. The number of nitrogens with one attached hydrogen (secondary N) is 1. The van der Waals surface area contributed by atoms with E-state index in [1.54, 1.807) is 6.07 Å². The van der Waals surface area contributed by atoms with Crippen LogP contribution in [0.5, 0.6) is 5.75 Å². The molecule has 1 aliphatic rings. The number of anilines is 1. The number of aromatic nitrogens is 2. The molecule has 0 atom stereocenters. The van der Waals surface area contributed by atoms with Gasteiger partial charge in [0.05, 0.1) is 0 Å². The smallest absolute Gasteiger partial charge is 0.165 e. The molecule has 0 bridgehead atoms. The molecule has 1 aromatic heterocycles. The first-order valence-corrected chi connectivity index (χ1v) is 7.29. The zero-order valence-corrected chi connectivity index (χ0v) is 11.9. The van der Waals surface area contributed by atoms with Gasteiger partial charge in [0.2, 0.25) is 0 Å². The van der Waals surface area contributed by atoms with Crippen molar-refractivity contribution in [3.63, 3.8) is 0 Å². The van der Waals surface area contributed by atoms with Gasteiger partial charge in [-0.05, 0) is 37.5 Å². The minimum absolute atomic E-state index is 0.360. The second-order valence-corrected chi connectivity index (χ2v) is 5.37. The molecule has 1 aromatic carbocycles. The quantitative estimate of drug-likeness (QED) is 0.880. The fourth-order valence-electron chi connectivity index (χ4n) is 2.17. The summed E-state index contributed by atoms with van der Waals surface area (Å²) < 4.78 is 13.5. The van der Waals surface area contributed by atoms with E-state index in [4.69, 9.17) is 0 Å². The van der Waals surface area contributed by atoms with E-state index in [2.05, 4.69) is 22.2 Å². The Bertz CT molecular complexity index is 656. The summed E-state index contributed by atoms with van der Waals surface area (Å²) >= 11 is 0. The van der Waals surface area contributed by atoms with Crippen molar-refractivity contribution in [1.82, 2.24) is 9.97 Å². The Labute approximate surface area is 123 Å². The number of phenols is 1. The third-order valence-electron chi connectivity index (χ3n) is 3.50. The van der Waals surface area contributed by atoms with Crippen LogP contribution in [0.25, 0.3) is 11.4 Å². The molecular formula is C16H18FN3O. The fraction of sp³-hybridized carbons (Fsp3) is 0.375. The molecule has 1 aliphatic carbocycles. The van der Waals surface area contributed by atoms with Crippen molar-refractivity contribution in [2.24, 2.45) is 0 Å². The molecule has 1 fully saturated rings. The number of hydrogen-bond acceptors (Lipinski definition) is 4. The van der Waals surface area contributed by atoms with Gasteiger partial charge in [-0.2, -0.15) is 0 Å². The summed E-state index contributed by atoms with van der Waals surface area (Å²) in [7, 11) is 0. The molecule has 0 amide bonds. The maximum Gasteiger partial charge on any atom is 0.165 e. The SMILES string of the molecule is CCCNc1cc(C2CC2)nc(-c2ccc(O)c(F)c2)n1. The number of hydrogen-bond donors (Lipinski definition) is 2. The average molecular weight is 287 g/mol. The minimum atomic E-state index is -0.656. The Balaban J connectivity index is 1.99. The first kappa shape index (κ1) is 13.8. The Kier molecular flexibility index (Phi) is 3.73. The first-order chi connectivity index (χ1) is 10.2. The second kappa shape index (κ2) is 5.68. The Hall–Kier alpha value is -2.17. The van der Waals surface area contributed by atoms with Crippen LogP contribution in [0.2, 0.25) is 0 Å². The monoisotopic (exact) mass is 287 g/mol. The first-order valence-electron chi connectivity index (χ1n) is 7.29. The molecule has 5 heteroatoms. The summed E-state index contributed by atoms with van der Waals surface area (Å²) in [6.07, 6.45) is 3.30. The van der Waals surface area contributed by atoms with Crippen LogP contribution in [-0.2, 0) is 0 Å². The lowest BCUT2D eigenvalue weighted by Crippen LogP contribution is -2.05. The van der Waals surface area contributed by atoms with E-state index in [0.29, 0.717) is 17.3 Å². The standard InChI is InChI=1S/C16H18FN3O/c1-2-7-18-15-9-13(10-3-4-10)19-16(20-15)11-5-6-14(21)12(17)8-11/h5-6,8-10,21H,2-4,7H2,1H3,(H,18,19,20). The van der Waals surface area contributed by atoms with Crippen molar-refractivity contribution in [3.8, 4) is 17.1 Å². The zero-order valence-electron chi connectivity index (χ0n) is 11.9. The Morgan fingerprint density at radius 2 is 2.10 bits per heavy atom. The number of halogens is 1. The van der Waals surface area contributed by atoms with Gasteiger partial charge in [-0.15, -0.1) is 0 Å². The largest absolute Gasteiger partial charge is 0.505 e. The van der Waals surface area contributed by atoms with Crippen molar-refractivity contribution in [2.45, 2.75) is 32.1 Å². The predicted octanol–water partition coefficient (Wildman–Crippen LogP) is 3.69. The van der Waals surface area contributed by atoms with E-state index < -0.39 is 5.82 Å². The van der Waals surface area contributed by atoms with Crippen LogP contribution < -0.4 is 5.32 Å². The lowest BCUT2D eigenvalue weighted by atomic mass is 10.2. The van der Waals surface area contributed by atoms with Crippen molar-refractivity contribution in [2.75, 3.05) is 11.9 Å². The number of rotatable bonds is 5. The second-order valence-electron chi connectivity index (χ2n) is 5.37. The topological polar surface area (TPSA) is 58.0 Å². The molecule has 2 N–H and O–H groups in total. The van der Waals surface area contributed by atoms with Crippen LogP contribution in [0.15, 0.2) is 24.3 Å². The third-order valence-corrected chi connectivity index (χ3v) is 3.50. The van der Waals surface area contributed by atoms with E-state index in [9.17, 15) is 9.50 Å². The van der Waals surface area contributed by atoms with Crippen molar-refractivity contribution in [1.29, 1.82) is 0 Å². The summed E-state index contributed by atoms with van der Waals surface area (Å²) in [4.78, 5) is 9.00. The molecule has 21 heavy (non-hydrogen) atoms. The summed E-state index contributed by atoms with van der Waals surface area (Å²) in [5, 5.41) is 12.5. The molecule has 1 saturated carbocycles. The van der Waals surface area contributed by atoms with Gasteiger partial charge < -0.3 is 10.4 Å². The van der Waals surface area contributed by atoms with Gasteiger partial charge in [0.25, 0.3) is 0 Å². The average Bonchev–Trinajstić information content (AvgIpc) is 3.32. The van der Waals surface area contributed by atoms with E-state index in [-0.39, 0.29) is 5.75 Å². The number of nitrogens with zero attached hydrogens (tertiary/aromatic N) is 2. The molecule has 1 heterocycles.